The first-order valence-corrected chi connectivity index (χ1v) is 9.20. The van der Waals surface area contributed by atoms with Gasteiger partial charge in [-0.3, -0.25) is 0 Å². The van der Waals surface area contributed by atoms with Gasteiger partial charge in [-0.15, -0.1) is 0 Å². The highest BCUT2D eigenvalue weighted by atomic mass is 16.5. The third-order valence-electron chi connectivity index (χ3n) is 4.16. The minimum absolute atomic E-state index is 0.223. The van der Waals surface area contributed by atoms with Crippen molar-refractivity contribution in [1.29, 1.82) is 0 Å². The summed E-state index contributed by atoms with van der Waals surface area (Å²) in [5.41, 5.74) is 1.67. The molecule has 0 saturated heterocycles. The quantitative estimate of drug-likeness (QED) is 0.381. The summed E-state index contributed by atoms with van der Waals surface area (Å²) in [6.45, 7) is 0. The van der Waals surface area contributed by atoms with E-state index in [2.05, 4.69) is 20.6 Å². The van der Waals surface area contributed by atoms with E-state index in [-0.39, 0.29) is 5.56 Å². The van der Waals surface area contributed by atoms with Gasteiger partial charge in [0, 0.05) is 11.9 Å². The predicted molar refractivity (Wildman–Crippen MR) is 115 cm³/mol. The van der Waals surface area contributed by atoms with Crippen LogP contribution >= 0.6 is 0 Å². The zero-order valence-corrected chi connectivity index (χ0v) is 15.8. The second-order valence-electron chi connectivity index (χ2n) is 6.31. The van der Waals surface area contributed by atoms with Gasteiger partial charge in [0.2, 0.25) is 5.95 Å². The molecule has 0 fully saturated rings. The van der Waals surface area contributed by atoms with E-state index < -0.39 is 5.97 Å². The van der Waals surface area contributed by atoms with E-state index in [4.69, 9.17) is 9.84 Å². The molecule has 7 nitrogen and oxygen atoms in total. The first kappa shape index (κ1) is 18.9. The zero-order valence-electron chi connectivity index (χ0n) is 15.8. The maximum absolute atomic E-state index is 11.0. The Hall–Kier alpha value is -4.39. The molecule has 0 saturated carbocycles. The monoisotopic (exact) mass is 398 g/mol. The van der Waals surface area contributed by atoms with Crippen molar-refractivity contribution in [2.45, 2.75) is 0 Å². The first-order valence-electron chi connectivity index (χ1n) is 9.20. The third kappa shape index (κ3) is 4.71. The number of aromatic nitrogens is 2. The lowest BCUT2D eigenvalue weighted by Gasteiger charge is -2.13. The minimum Gasteiger partial charge on any atom is -0.478 e. The zero-order chi connectivity index (χ0) is 20.8. The van der Waals surface area contributed by atoms with Gasteiger partial charge in [0.25, 0.3) is 0 Å². The van der Waals surface area contributed by atoms with Crippen LogP contribution in [0.3, 0.4) is 0 Å². The summed E-state index contributed by atoms with van der Waals surface area (Å²) < 4.78 is 5.96. The molecule has 1 aromatic heterocycles. The molecule has 148 valence electrons. The van der Waals surface area contributed by atoms with Gasteiger partial charge in [-0.05, 0) is 54.6 Å². The molecule has 0 atom stereocenters. The Morgan fingerprint density at radius 1 is 0.833 bits per heavy atom. The van der Waals surface area contributed by atoms with Crippen LogP contribution in [0.15, 0.2) is 91.1 Å². The van der Waals surface area contributed by atoms with Crippen molar-refractivity contribution < 1.29 is 14.6 Å². The standard InChI is InChI=1S/C23H18N4O3/c28-22(29)16-10-12-17(13-11-16)25-21-14-15-24-23(27-21)26-19-8-4-5-9-20(19)30-18-6-2-1-3-7-18/h1-15H,(H,28,29)(H2,24,25,26,27). The first-order chi connectivity index (χ1) is 14.7. The Kier molecular flexibility index (Phi) is 5.52. The second-order valence-corrected chi connectivity index (χ2v) is 6.31. The number of ether oxygens (including phenoxy) is 1. The number of carboxylic acid groups (broad SMARTS) is 1. The van der Waals surface area contributed by atoms with Gasteiger partial charge in [-0.25, -0.2) is 9.78 Å². The molecule has 0 bridgehead atoms. The number of nitrogens with zero attached hydrogens (tertiary/aromatic N) is 2. The number of carbonyl (C=O) groups is 1. The highest BCUT2D eigenvalue weighted by Gasteiger charge is 2.08. The van der Waals surface area contributed by atoms with E-state index in [0.717, 1.165) is 17.1 Å². The molecule has 0 aliphatic carbocycles. The van der Waals surface area contributed by atoms with Crippen molar-refractivity contribution in [3.05, 3.63) is 96.7 Å². The fraction of sp³-hybridized carbons (Fsp3) is 0. The molecule has 4 rings (SSSR count). The van der Waals surface area contributed by atoms with Gasteiger partial charge in [0.15, 0.2) is 5.75 Å². The van der Waals surface area contributed by atoms with Crippen LogP contribution in [0, 0.1) is 0 Å². The van der Waals surface area contributed by atoms with Crippen LogP contribution in [0.2, 0.25) is 0 Å². The van der Waals surface area contributed by atoms with Crippen LogP contribution in [-0.2, 0) is 0 Å². The predicted octanol–water partition coefficient (Wildman–Crippen LogP) is 5.45. The number of hydrogen-bond donors (Lipinski definition) is 3. The number of anilines is 4. The van der Waals surface area contributed by atoms with E-state index in [0.29, 0.717) is 17.5 Å². The fourth-order valence-electron chi connectivity index (χ4n) is 2.73. The molecule has 3 aromatic carbocycles. The van der Waals surface area contributed by atoms with Crippen LogP contribution in [0.1, 0.15) is 10.4 Å². The van der Waals surface area contributed by atoms with E-state index in [1.807, 2.05) is 54.6 Å². The Morgan fingerprint density at radius 2 is 1.57 bits per heavy atom. The molecule has 0 unspecified atom stereocenters. The molecule has 0 amide bonds. The highest BCUT2D eigenvalue weighted by molar-refractivity contribution is 5.88. The van der Waals surface area contributed by atoms with Crippen molar-refractivity contribution >= 4 is 29.1 Å². The van der Waals surface area contributed by atoms with Crippen LogP contribution in [0.5, 0.6) is 11.5 Å². The Labute approximate surface area is 173 Å². The molecule has 0 aliphatic rings. The Morgan fingerprint density at radius 3 is 2.33 bits per heavy atom. The fourth-order valence-corrected chi connectivity index (χ4v) is 2.73. The summed E-state index contributed by atoms with van der Waals surface area (Å²) in [7, 11) is 0. The largest absolute Gasteiger partial charge is 0.478 e. The number of carboxylic acids is 1. The Balaban J connectivity index is 1.50. The normalized spacial score (nSPS) is 10.3. The highest BCUT2D eigenvalue weighted by Crippen LogP contribution is 2.30. The summed E-state index contributed by atoms with van der Waals surface area (Å²) in [6.07, 6.45) is 1.63. The van der Waals surface area contributed by atoms with E-state index in [1.165, 1.54) is 12.1 Å². The van der Waals surface area contributed by atoms with Gasteiger partial charge >= 0.3 is 5.97 Å². The maximum Gasteiger partial charge on any atom is 0.335 e. The number of para-hydroxylation sites is 3. The summed E-state index contributed by atoms with van der Waals surface area (Å²) in [4.78, 5) is 19.7. The number of aromatic carboxylic acids is 1. The van der Waals surface area contributed by atoms with Gasteiger partial charge in [0.1, 0.15) is 11.6 Å². The lowest BCUT2D eigenvalue weighted by Crippen LogP contribution is -2.02. The number of nitrogens with one attached hydrogen (secondary N) is 2. The average molecular weight is 398 g/mol. The van der Waals surface area contributed by atoms with Crippen molar-refractivity contribution in [2.24, 2.45) is 0 Å². The summed E-state index contributed by atoms with van der Waals surface area (Å²) >= 11 is 0. The SMILES string of the molecule is O=C(O)c1ccc(Nc2ccnc(Nc3ccccc3Oc3ccccc3)n2)cc1. The molecule has 0 aliphatic heterocycles. The molecular formula is C23H18N4O3. The van der Waals surface area contributed by atoms with Crippen molar-refractivity contribution in [3.63, 3.8) is 0 Å². The van der Waals surface area contributed by atoms with Crippen LogP contribution in [0.4, 0.5) is 23.1 Å². The smallest absolute Gasteiger partial charge is 0.335 e. The molecule has 4 aromatic rings. The van der Waals surface area contributed by atoms with Crippen molar-refractivity contribution in [1.82, 2.24) is 9.97 Å². The van der Waals surface area contributed by atoms with Crippen LogP contribution in [0.25, 0.3) is 0 Å². The number of benzene rings is 3. The number of rotatable bonds is 7. The van der Waals surface area contributed by atoms with Gasteiger partial charge in [-0.1, -0.05) is 30.3 Å². The lowest BCUT2D eigenvalue weighted by atomic mass is 10.2. The Bertz CT molecular complexity index is 1150. The summed E-state index contributed by atoms with van der Waals surface area (Å²) in [5.74, 6) is 1.37. The lowest BCUT2D eigenvalue weighted by molar-refractivity contribution is 0.0697. The topological polar surface area (TPSA) is 96.4 Å². The minimum atomic E-state index is -0.966. The van der Waals surface area contributed by atoms with Crippen molar-refractivity contribution in [3.8, 4) is 11.5 Å². The van der Waals surface area contributed by atoms with Crippen molar-refractivity contribution in [2.75, 3.05) is 10.6 Å². The molecule has 30 heavy (non-hydrogen) atoms. The molecule has 0 spiro atoms. The van der Waals surface area contributed by atoms with Gasteiger partial charge < -0.3 is 20.5 Å². The average Bonchev–Trinajstić information content (AvgIpc) is 2.76. The van der Waals surface area contributed by atoms with E-state index in [9.17, 15) is 4.79 Å². The molecule has 1 heterocycles. The second kappa shape index (κ2) is 8.74. The van der Waals surface area contributed by atoms with Crippen LogP contribution in [-0.4, -0.2) is 21.0 Å². The summed E-state index contributed by atoms with van der Waals surface area (Å²) in [5, 5.41) is 15.3. The summed E-state index contributed by atoms with van der Waals surface area (Å²) in [6, 6.07) is 25.2. The van der Waals surface area contributed by atoms with Gasteiger partial charge in [-0.2, -0.15) is 4.98 Å². The number of hydrogen-bond acceptors (Lipinski definition) is 6. The maximum atomic E-state index is 11.0. The third-order valence-corrected chi connectivity index (χ3v) is 4.16. The van der Waals surface area contributed by atoms with Crippen LogP contribution < -0.4 is 15.4 Å². The molecule has 0 radical (unpaired) electrons. The molecule has 3 N–H and O–H groups in total. The van der Waals surface area contributed by atoms with E-state index >= 15 is 0 Å². The molecular weight excluding hydrogens is 380 g/mol. The molecule has 7 heteroatoms. The van der Waals surface area contributed by atoms with Gasteiger partial charge in [0.05, 0.1) is 11.3 Å². The van der Waals surface area contributed by atoms with E-state index in [1.54, 1.807) is 24.4 Å².